The summed E-state index contributed by atoms with van der Waals surface area (Å²) in [4.78, 5) is 17.3. The van der Waals surface area contributed by atoms with Crippen molar-refractivity contribution in [3.05, 3.63) is 59.4 Å². The molecule has 2 aromatic carbocycles. The number of nitrogens with one attached hydrogen (secondary N) is 1. The number of fused-ring (bicyclic) bond motifs is 1. The van der Waals surface area contributed by atoms with Gasteiger partial charge in [0.05, 0.1) is 22.8 Å². The van der Waals surface area contributed by atoms with Crippen molar-refractivity contribution < 1.29 is 13.6 Å². The molecule has 0 fully saturated rings. The van der Waals surface area contributed by atoms with E-state index in [2.05, 4.69) is 10.3 Å². The quantitative estimate of drug-likeness (QED) is 0.594. The number of nitrogens with zero attached hydrogens (tertiary/aromatic N) is 2. The lowest BCUT2D eigenvalue weighted by molar-refractivity contribution is -0.119. The maximum atomic E-state index is 13.5. The van der Waals surface area contributed by atoms with Crippen LogP contribution < -0.4 is 5.32 Å². The van der Waals surface area contributed by atoms with Crippen molar-refractivity contribution in [1.29, 1.82) is 0 Å². The van der Waals surface area contributed by atoms with E-state index in [4.69, 9.17) is 11.6 Å². The second kappa shape index (κ2) is 8.05. The minimum atomic E-state index is -2.74. The van der Waals surface area contributed by atoms with Crippen LogP contribution in [0.1, 0.15) is 25.3 Å². The predicted octanol–water partition coefficient (Wildman–Crippen LogP) is 5.05. The summed E-state index contributed by atoms with van der Waals surface area (Å²) in [6, 6.07) is 13.2. The summed E-state index contributed by atoms with van der Waals surface area (Å²) in [5.41, 5.74) is 0.813. The summed E-state index contributed by atoms with van der Waals surface area (Å²) >= 11 is 7.17. The number of carbonyl (C=O) groups excluding carboxylic acids is 1. The van der Waals surface area contributed by atoms with Crippen LogP contribution in [0.4, 0.5) is 8.78 Å². The van der Waals surface area contributed by atoms with Gasteiger partial charge < -0.3 is 5.32 Å². The molecule has 0 radical (unpaired) electrons. The number of para-hydroxylation sites is 2. The predicted molar refractivity (Wildman–Crippen MR) is 99.7 cm³/mol. The zero-order chi connectivity index (χ0) is 18.7. The Morgan fingerprint density at radius 2 is 1.92 bits per heavy atom. The molecule has 0 spiro atoms. The van der Waals surface area contributed by atoms with E-state index in [1.54, 1.807) is 43.3 Å². The average Bonchev–Trinajstić information content (AvgIpc) is 3.01. The molecule has 1 heterocycles. The van der Waals surface area contributed by atoms with Gasteiger partial charge in [-0.1, -0.05) is 23.7 Å². The molecule has 1 atom stereocenters. The molecule has 136 valence electrons. The number of hydrogen-bond acceptors (Lipinski definition) is 3. The fraction of sp³-hybridized carbons (Fsp3) is 0.222. The van der Waals surface area contributed by atoms with Crippen LogP contribution in [0.25, 0.3) is 11.0 Å². The summed E-state index contributed by atoms with van der Waals surface area (Å²) in [6.07, 6.45) is 0. The van der Waals surface area contributed by atoms with Gasteiger partial charge in [0, 0.05) is 9.92 Å². The molecule has 0 aliphatic carbocycles. The van der Waals surface area contributed by atoms with Crippen LogP contribution in [0.2, 0.25) is 5.02 Å². The largest absolute Gasteiger partial charge is 0.346 e. The van der Waals surface area contributed by atoms with Crippen molar-refractivity contribution >= 4 is 40.3 Å². The number of benzene rings is 2. The molecule has 0 bridgehead atoms. The molecule has 1 unspecified atom stereocenters. The number of amides is 1. The Kier molecular flexibility index (Phi) is 5.78. The van der Waals surface area contributed by atoms with Gasteiger partial charge in [-0.3, -0.25) is 9.36 Å². The van der Waals surface area contributed by atoms with Crippen molar-refractivity contribution in [1.82, 2.24) is 14.9 Å². The zero-order valence-corrected chi connectivity index (χ0v) is 15.4. The van der Waals surface area contributed by atoms with Crippen LogP contribution in [-0.4, -0.2) is 21.2 Å². The first-order valence-corrected chi connectivity index (χ1v) is 9.25. The van der Waals surface area contributed by atoms with Crippen LogP contribution in [0.3, 0.4) is 0 Å². The van der Waals surface area contributed by atoms with Gasteiger partial charge in [0.15, 0.2) is 0 Å². The first-order chi connectivity index (χ1) is 12.5. The monoisotopic (exact) mass is 395 g/mol. The molecule has 26 heavy (non-hydrogen) atoms. The molecule has 3 rings (SSSR count). The number of carbonyl (C=O) groups is 1. The molecule has 8 heteroatoms. The van der Waals surface area contributed by atoms with Crippen LogP contribution in [0.15, 0.2) is 53.4 Å². The first kappa shape index (κ1) is 18.7. The Morgan fingerprint density at radius 1 is 1.23 bits per heavy atom. The Hall–Kier alpha value is -2.12. The maximum Gasteiger partial charge on any atom is 0.320 e. The highest BCUT2D eigenvalue weighted by atomic mass is 35.5. The molecule has 0 saturated carbocycles. The standard InChI is InChI=1S/C18H16ClF2N3OS/c1-11(22-16(25)10-26-13-8-6-12(19)7-9-13)17-23-14-4-2-3-5-15(14)24(17)18(20)21/h2-9,11,18H,10H2,1H3,(H,22,25). The Morgan fingerprint density at radius 3 is 2.62 bits per heavy atom. The highest BCUT2D eigenvalue weighted by molar-refractivity contribution is 8.00. The number of aromatic nitrogens is 2. The van der Waals surface area contributed by atoms with Gasteiger partial charge in [-0.25, -0.2) is 4.98 Å². The second-order valence-electron chi connectivity index (χ2n) is 5.64. The number of halogens is 3. The second-order valence-corrected chi connectivity index (χ2v) is 7.12. The lowest BCUT2D eigenvalue weighted by Gasteiger charge is -2.15. The van der Waals surface area contributed by atoms with Gasteiger partial charge in [0.1, 0.15) is 5.82 Å². The van der Waals surface area contributed by atoms with E-state index < -0.39 is 12.6 Å². The van der Waals surface area contributed by atoms with Gasteiger partial charge in [-0.05, 0) is 43.3 Å². The first-order valence-electron chi connectivity index (χ1n) is 7.88. The van der Waals surface area contributed by atoms with Crippen LogP contribution in [-0.2, 0) is 4.79 Å². The van der Waals surface area contributed by atoms with Gasteiger partial charge >= 0.3 is 6.55 Å². The highest BCUT2D eigenvalue weighted by Gasteiger charge is 2.22. The topological polar surface area (TPSA) is 46.9 Å². The minimum absolute atomic E-state index is 0.131. The smallest absolute Gasteiger partial charge is 0.320 e. The van der Waals surface area contributed by atoms with Crippen molar-refractivity contribution in [3.63, 3.8) is 0 Å². The Balaban J connectivity index is 1.70. The van der Waals surface area contributed by atoms with Crippen LogP contribution in [0.5, 0.6) is 0 Å². The molecule has 1 aromatic heterocycles. The number of imidazole rings is 1. The van der Waals surface area contributed by atoms with Crippen molar-refractivity contribution in [2.24, 2.45) is 0 Å². The lowest BCUT2D eigenvalue weighted by atomic mass is 10.3. The molecule has 3 aromatic rings. The Labute approximate surface area is 158 Å². The molecular weight excluding hydrogens is 380 g/mol. The fourth-order valence-electron chi connectivity index (χ4n) is 2.60. The van der Waals surface area contributed by atoms with Gasteiger partial charge in [-0.15, -0.1) is 11.8 Å². The van der Waals surface area contributed by atoms with Crippen molar-refractivity contribution in [2.45, 2.75) is 24.4 Å². The van der Waals surface area contributed by atoms with E-state index in [0.29, 0.717) is 16.1 Å². The van der Waals surface area contributed by atoms with Crippen molar-refractivity contribution in [2.75, 3.05) is 5.75 Å². The number of alkyl halides is 2. The number of hydrogen-bond donors (Lipinski definition) is 1. The summed E-state index contributed by atoms with van der Waals surface area (Å²) in [7, 11) is 0. The third kappa shape index (κ3) is 4.16. The van der Waals surface area contributed by atoms with Crippen LogP contribution >= 0.6 is 23.4 Å². The summed E-state index contributed by atoms with van der Waals surface area (Å²) in [5.74, 6) is 0.0392. The SMILES string of the molecule is CC(NC(=O)CSc1ccc(Cl)cc1)c1nc2ccccc2n1C(F)F. The zero-order valence-electron chi connectivity index (χ0n) is 13.8. The highest BCUT2D eigenvalue weighted by Crippen LogP contribution is 2.27. The van der Waals surface area contributed by atoms with E-state index >= 15 is 0 Å². The normalized spacial score (nSPS) is 12.5. The summed E-state index contributed by atoms with van der Waals surface area (Å²) in [6.45, 7) is -1.09. The Bertz CT molecular complexity index is 914. The molecule has 1 N–H and O–H groups in total. The summed E-state index contributed by atoms with van der Waals surface area (Å²) < 4.78 is 27.8. The molecular formula is C18H16ClF2N3OS. The molecule has 0 aliphatic rings. The minimum Gasteiger partial charge on any atom is -0.346 e. The third-order valence-electron chi connectivity index (χ3n) is 3.77. The van der Waals surface area contributed by atoms with Gasteiger partial charge in [0.2, 0.25) is 5.91 Å². The van der Waals surface area contributed by atoms with E-state index in [1.165, 1.54) is 11.8 Å². The van der Waals surface area contributed by atoms with E-state index in [0.717, 1.165) is 9.46 Å². The number of rotatable bonds is 6. The summed E-state index contributed by atoms with van der Waals surface area (Å²) in [5, 5.41) is 3.35. The van der Waals surface area contributed by atoms with E-state index in [1.807, 2.05) is 12.1 Å². The fourth-order valence-corrected chi connectivity index (χ4v) is 3.44. The number of thioether (sulfide) groups is 1. The molecule has 4 nitrogen and oxygen atoms in total. The van der Waals surface area contributed by atoms with Gasteiger partial charge in [0.25, 0.3) is 0 Å². The van der Waals surface area contributed by atoms with Gasteiger partial charge in [-0.2, -0.15) is 8.78 Å². The van der Waals surface area contributed by atoms with E-state index in [9.17, 15) is 13.6 Å². The molecule has 0 aliphatic heterocycles. The third-order valence-corrected chi connectivity index (χ3v) is 5.03. The average molecular weight is 396 g/mol. The molecule has 0 saturated heterocycles. The van der Waals surface area contributed by atoms with Crippen LogP contribution in [0, 0.1) is 0 Å². The van der Waals surface area contributed by atoms with E-state index in [-0.39, 0.29) is 17.5 Å². The lowest BCUT2D eigenvalue weighted by Crippen LogP contribution is -2.30. The molecule has 1 amide bonds. The van der Waals surface area contributed by atoms with Crippen molar-refractivity contribution in [3.8, 4) is 0 Å². The maximum absolute atomic E-state index is 13.5.